The molecule has 0 aromatic carbocycles. The Morgan fingerprint density at radius 2 is 2.00 bits per heavy atom. The maximum Gasteiger partial charge on any atom is 0.239 e. The van der Waals surface area contributed by atoms with Gasteiger partial charge in [-0.15, -0.1) is 0 Å². The number of carbonyl (C=O) groups excluding carboxylic acids is 1. The molecule has 1 N–H and O–H groups in total. The summed E-state index contributed by atoms with van der Waals surface area (Å²) in [4.78, 5) is 16.5. The topological polar surface area (TPSA) is 35.6 Å². The first-order chi connectivity index (χ1) is 8.37. The third-order valence-electron chi connectivity index (χ3n) is 3.67. The molecule has 2 fully saturated rings. The minimum Gasteiger partial charge on any atom is -0.341 e. The van der Waals surface area contributed by atoms with Crippen molar-refractivity contribution in [1.82, 2.24) is 15.1 Å². The Labute approximate surface area is 111 Å². The summed E-state index contributed by atoms with van der Waals surface area (Å²) >= 11 is 0. The average molecular weight is 253 g/mol. The van der Waals surface area contributed by atoms with Crippen LogP contribution in [0.25, 0.3) is 0 Å². The largest absolute Gasteiger partial charge is 0.341 e. The lowest BCUT2D eigenvalue weighted by atomic mass is 9.92. The summed E-state index contributed by atoms with van der Waals surface area (Å²) in [6.07, 6.45) is 3.47. The van der Waals surface area contributed by atoms with Gasteiger partial charge in [-0.3, -0.25) is 4.79 Å². The lowest BCUT2D eigenvalue weighted by Gasteiger charge is -2.32. The van der Waals surface area contributed by atoms with E-state index >= 15 is 0 Å². The van der Waals surface area contributed by atoms with E-state index in [1.807, 2.05) is 4.90 Å². The molecule has 1 aliphatic carbocycles. The van der Waals surface area contributed by atoms with Gasteiger partial charge in [-0.2, -0.15) is 0 Å². The molecule has 1 saturated heterocycles. The maximum atomic E-state index is 12.3. The fourth-order valence-electron chi connectivity index (χ4n) is 3.01. The molecule has 1 aliphatic heterocycles. The van der Waals surface area contributed by atoms with E-state index in [0.29, 0.717) is 11.9 Å². The van der Waals surface area contributed by atoms with Gasteiger partial charge in [0.2, 0.25) is 5.91 Å². The van der Waals surface area contributed by atoms with Gasteiger partial charge in [0.15, 0.2) is 0 Å². The minimum atomic E-state index is 0.0904. The van der Waals surface area contributed by atoms with E-state index < -0.39 is 0 Å². The van der Waals surface area contributed by atoms with Crippen LogP contribution in [0.1, 0.15) is 33.1 Å². The van der Waals surface area contributed by atoms with Crippen LogP contribution < -0.4 is 5.32 Å². The van der Waals surface area contributed by atoms with Crippen LogP contribution in [-0.4, -0.2) is 61.5 Å². The highest BCUT2D eigenvalue weighted by Crippen LogP contribution is 2.25. The van der Waals surface area contributed by atoms with E-state index in [1.54, 1.807) is 0 Å². The molecule has 4 nitrogen and oxygen atoms in total. The average Bonchev–Trinajstić information content (AvgIpc) is 2.97. The standard InChI is InChI=1S/C14H27N3O/c1-14(2,9-16(3)4)10-17-8-7-12(13(17)18)15-11-5-6-11/h11-12,15H,5-10H2,1-4H3. The third-order valence-corrected chi connectivity index (χ3v) is 3.67. The van der Waals surface area contributed by atoms with Crippen molar-refractivity contribution in [3.8, 4) is 0 Å². The second kappa shape index (κ2) is 5.17. The van der Waals surface area contributed by atoms with Crippen molar-refractivity contribution in [3.05, 3.63) is 0 Å². The summed E-state index contributed by atoms with van der Waals surface area (Å²) in [7, 11) is 4.18. The number of rotatable bonds is 6. The van der Waals surface area contributed by atoms with E-state index in [0.717, 1.165) is 26.1 Å². The number of amides is 1. The molecule has 4 heteroatoms. The summed E-state index contributed by atoms with van der Waals surface area (Å²) in [5, 5.41) is 3.46. The summed E-state index contributed by atoms with van der Waals surface area (Å²) in [5.74, 6) is 0.314. The van der Waals surface area contributed by atoms with Crippen molar-refractivity contribution in [2.75, 3.05) is 33.7 Å². The predicted octanol–water partition coefficient (Wildman–Crippen LogP) is 0.927. The molecular weight excluding hydrogens is 226 g/mol. The Kier molecular flexibility index (Phi) is 3.97. The Bertz CT molecular complexity index is 310. The van der Waals surface area contributed by atoms with Gasteiger partial charge in [0.1, 0.15) is 0 Å². The summed E-state index contributed by atoms with van der Waals surface area (Å²) in [6.45, 7) is 7.27. The summed E-state index contributed by atoms with van der Waals surface area (Å²) < 4.78 is 0. The first-order valence-electron chi connectivity index (χ1n) is 7.07. The van der Waals surface area contributed by atoms with Crippen molar-refractivity contribution >= 4 is 5.91 Å². The lowest BCUT2D eigenvalue weighted by molar-refractivity contribution is -0.130. The molecule has 2 aliphatic rings. The zero-order valence-corrected chi connectivity index (χ0v) is 12.2. The van der Waals surface area contributed by atoms with Crippen molar-refractivity contribution in [1.29, 1.82) is 0 Å². The predicted molar refractivity (Wildman–Crippen MR) is 73.5 cm³/mol. The smallest absolute Gasteiger partial charge is 0.239 e. The van der Waals surface area contributed by atoms with Gasteiger partial charge in [-0.05, 0) is 38.8 Å². The molecule has 1 amide bonds. The van der Waals surface area contributed by atoms with E-state index in [1.165, 1.54) is 12.8 Å². The first-order valence-corrected chi connectivity index (χ1v) is 7.07. The number of likely N-dealkylation sites (tertiary alicyclic amines) is 1. The minimum absolute atomic E-state index is 0.0904. The van der Waals surface area contributed by atoms with E-state index in [4.69, 9.17) is 0 Å². The Morgan fingerprint density at radius 1 is 1.33 bits per heavy atom. The Morgan fingerprint density at radius 3 is 2.56 bits per heavy atom. The Balaban J connectivity index is 1.84. The quantitative estimate of drug-likeness (QED) is 0.765. The van der Waals surface area contributed by atoms with Crippen LogP contribution >= 0.6 is 0 Å². The van der Waals surface area contributed by atoms with Crippen molar-refractivity contribution < 1.29 is 4.79 Å². The van der Waals surface area contributed by atoms with Crippen LogP contribution in [0, 0.1) is 5.41 Å². The highest BCUT2D eigenvalue weighted by Gasteiger charge is 2.37. The van der Waals surface area contributed by atoms with Crippen LogP contribution in [0.15, 0.2) is 0 Å². The first kappa shape index (κ1) is 13.8. The number of carbonyl (C=O) groups is 1. The van der Waals surface area contributed by atoms with E-state index in [9.17, 15) is 4.79 Å². The molecule has 0 radical (unpaired) electrons. The Hall–Kier alpha value is -0.610. The highest BCUT2D eigenvalue weighted by molar-refractivity contribution is 5.84. The van der Waals surface area contributed by atoms with Gasteiger partial charge in [-0.25, -0.2) is 0 Å². The molecule has 1 unspecified atom stereocenters. The molecule has 1 saturated carbocycles. The molecule has 1 atom stereocenters. The molecule has 0 spiro atoms. The molecular formula is C14H27N3O. The van der Waals surface area contributed by atoms with Gasteiger partial charge in [0.05, 0.1) is 6.04 Å². The van der Waals surface area contributed by atoms with Crippen LogP contribution in [-0.2, 0) is 4.79 Å². The molecule has 18 heavy (non-hydrogen) atoms. The van der Waals surface area contributed by atoms with Gasteiger partial charge in [-0.1, -0.05) is 13.8 Å². The van der Waals surface area contributed by atoms with Gasteiger partial charge < -0.3 is 15.1 Å². The van der Waals surface area contributed by atoms with Crippen LogP contribution in [0.2, 0.25) is 0 Å². The molecule has 1 heterocycles. The zero-order valence-electron chi connectivity index (χ0n) is 12.2. The summed E-state index contributed by atoms with van der Waals surface area (Å²) in [6, 6.07) is 0.710. The van der Waals surface area contributed by atoms with Gasteiger partial charge in [0.25, 0.3) is 0 Å². The lowest BCUT2D eigenvalue weighted by Crippen LogP contribution is -2.44. The third kappa shape index (κ3) is 3.69. The zero-order chi connectivity index (χ0) is 13.3. The van der Waals surface area contributed by atoms with Crippen LogP contribution in [0.3, 0.4) is 0 Å². The number of hydrogen-bond acceptors (Lipinski definition) is 3. The normalized spacial score (nSPS) is 25.3. The van der Waals surface area contributed by atoms with Crippen molar-refractivity contribution in [2.24, 2.45) is 5.41 Å². The van der Waals surface area contributed by atoms with Crippen molar-refractivity contribution in [2.45, 2.75) is 45.2 Å². The van der Waals surface area contributed by atoms with E-state index in [2.05, 4.69) is 38.2 Å². The fraction of sp³-hybridized carbons (Fsp3) is 0.929. The van der Waals surface area contributed by atoms with Gasteiger partial charge >= 0.3 is 0 Å². The van der Waals surface area contributed by atoms with Crippen molar-refractivity contribution in [3.63, 3.8) is 0 Å². The molecule has 2 rings (SSSR count). The van der Waals surface area contributed by atoms with Crippen LogP contribution in [0.5, 0.6) is 0 Å². The number of nitrogens with zero attached hydrogens (tertiary/aromatic N) is 2. The second-order valence-corrected chi connectivity index (χ2v) is 6.94. The highest BCUT2D eigenvalue weighted by atomic mass is 16.2. The van der Waals surface area contributed by atoms with E-state index in [-0.39, 0.29) is 11.5 Å². The van der Waals surface area contributed by atoms with Crippen LogP contribution in [0.4, 0.5) is 0 Å². The fourth-order valence-corrected chi connectivity index (χ4v) is 3.01. The SMILES string of the molecule is CN(C)CC(C)(C)CN1CCC(NC2CC2)C1=O. The summed E-state index contributed by atoms with van der Waals surface area (Å²) in [5.41, 5.74) is 0.160. The monoisotopic (exact) mass is 253 g/mol. The molecule has 104 valence electrons. The molecule has 0 aromatic heterocycles. The second-order valence-electron chi connectivity index (χ2n) is 6.94. The molecule has 0 bridgehead atoms. The maximum absolute atomic E-state index is 12.3. The molecule has 0 aromatic rings. The number of hydrogen-bond donors (Lipinski definition) is 1. The number of nitrogens with one attached hydrogen (secondary N) is 1. The van der Waals surface area contributed by atoms with Gasteiger partial charge in [0, 0.05) is 25.7 Å².